The van der Waals surface area contributed by atoms with Crippen LogP contribution in [-0.4, -0.2) is 37.3 Å². The first kappa shape index (κ1) is 25.8. The van der Waals surface area contributed by atoms with E-state index in [1.807, 2.05) is 38.1 Å². The van der Waals surface area contributed by atoms with Gasteiger partial charge in [-0.25, -0.2) is 0 Å². The van der Waals surface area contributed by atoms with Crippen molar-refractivity contribution in [3.05, 3.63) is 78.7 Å². The number of nitrogens with one attached hydrogen (secondary N) is 1. The SMILES string of the molecule is COCCNC(=O)/C(C#N)=c1\s/c(=C\c2ccc(OC(F)F)cc2)c(=O)n1-c1c(C)cccc1C. The molecule has 0 aliphatic carbocycles. The number of amides is 1. The molecule has 7 nitrogen and oxygen atoms in total. The molecule has 1 aromatic heterocycles. The lowest BCUT2D eigenvalue weighted by Gasteiger charge is -2.11. The zero-order valence-corrected chi connectivity index (χ0v) is 20.1. The molecule has 1 heterocycles. The third kappa shape index (κ3) is 6.01. The number of para-hydroxylation sites is 1. The fraction of sp³-hybridized carbons (Fsp3) is 0.240. The molecule has 0 aliphatic heterocycles. The predicted molar refractivity (Wildman–Crippen MR) is 129 cm³/mol. The van der Waals surface area contributed by atoms with Crippen LogP contribution in [0.2, 0.25) is 0 Å². The average Bonchev–Trinajstić information content (AvgIpc) is 3.11. The van der Waals surface area contributed by atoms with E-state index in [9.17, 15) is 23.6 Å². The number of alkyl halides is 2. The number of methoxy groups -OCH3 is 1. The van der Waals surface area contributed by atoms with E-state index in [2.05, 4.69) is 10.1 Å². The topological polar surface area (TPSA) is 93.3 Å². The molecular weight excluding hydrogens is 476 g/mol. The molecule has 1 N–H and O–H groups in total. The minimum atomic E-state index is -2.94. The van der Waals surface area contributed by atoms with Gasteiger partial charge in [-0.15, -0.1) is 11.3 Å². The third-order valence-corrected chi connectivity index (χ3v) is 6.13. The number of hydrogen-bond acceptors (Lipinski definition) is 6. The minimum absolute atomic E-state index is 0.00945. The van der Waals surface area contributed by atoms with E-state index in [-0.39, 0.29) is 33.7 Å². The van der Waals surface area contributed by atoms with E-state index in [1.54, 1.807) is 6.08 Å². The smallest absolute Gasteiger partial charge is 0.387 e. The summed E-state index contributed by atoms with van der Waals surface area (Å²) < 4.78 is 36.0. The highest BCUT2D eigenvalue weighted by Crippen LogP contribution is 2.17. The van der Waals surface area contributed by atoms with E-state index in [0.29, 0.717) is 11.3 Å². The number of rotatable bonds is 8. The summed E-state index contributed by atoms with van der Waals surface area (Å²) in [6.07, 6.45) is 1.57. The normalized spacial score (nSPS) is 12.4. The highest BCUT2D eigenvalue weighted by atomic mass is 32.1. The molecule has 0 unspecified atom stereocenters. The van der Waals surface area contributed by atoms with Crippen LogP contribution in [0.15, 0.2) is 47.3 Å². The number of nitriles is 1. The van der Waals surface area contributed by atoms with Crippen LogP contribution in [0, 0.1) is 25.2 Å². The Labute approximate surface area is 204 Å². The Balaban J connectivity index is 2.27. The fourth-order valence-electron chi connectivity index (χ4n) is 3.46. The summed E-state index contributed by atoms with van der Waals surface area (Å²) in [5, 5.41) is 12.5. The van der Waals surface area contributed by atoms with E-state index in [4.69, 9.17) is 4.74 Å². The molecule has 10 heteroatoms. The van der Waals surface area contributed by atoms with Gasteiger partial charge in [0.25, 0.3) is 11.5 Å². The average molecular weight is 500 g/mol. The van der Waals surface area contributed by atoms with Crippen LogP contribution < -0.4 is 24.8 Å². The first-order chi connectivity index (χ1) is 16.8. The first-order valence-electron chi connectivity index (χ1n) is 10.5. The maximum absolute atomic E-state index is 13.6. The van der Waals surface area contributed by atoms with Gasteiger partial charge in [0.15, 0.2) is 5.57 Å². The van der Waals surface area contributed by atoms with Gasteiger partial charge < -0.3 is 14.8 Å². The Bertz CT molecular complexity index is 1420. The van der Waals surface area contributed by atoms with E-state index in [0.717, 1.165) is 22.5 Å². The summed E-state index contributed by atoms with van der Waals surface area (Å²) in [4.78, 5) is 26.3. The van der Waals surface area contributed by atoms with E-state index in [1.165, 1.54) is 35.9 Å². The summed E-state index contributed by atoms with van der Waals surface area (Å²) in [7, 11) is 1.49. The molecule has 0 atom stereocenters. The van der Waals surface area contributed by atoms with Crippen molar-refractivity contribution in [3.8, 4) is 17.5 Å². The lowest BCUT2D eigenvalue weighted by atomic mass is 10.1. The molecule has 0 fully saturated rings. The van der Waals surface area contributed by atoms with Gasteiger partial charge in [0, 0.05) is 13.7 Å². The van der Waals surface area contributed by atoms with Gasteiger partial charge in [-0.3, -0.25) is 14.2 Å². The second kappa shape index (κ2) is 11.6. The van der Waals surface area contributed by atoms with Gasteiger partial charge in [0.2, 0.25) is 0 Å². The zero-order valence-electron chi connectivity index (χ0n) is 19.3. The molecule has 35 heavy (non-hydrogen) atoms. The summed E-state index contributed by atoms with van der Waals surface area (Å²) >= 11 is 1.00. The van der Waals surface area contributed by atoms with Gasteiger partial charge in [0.05, 0.1) is 16.8 Å². The quantitative estimate of drug-likeness (QED) is 0.481. The molecule has 2 aromatic carbocycles. The Morgan fingerprint density at radius 1 is 1.20 bits per heavy atom. The van der Waals surface area contributed by atoms with E-state index >= 15 is 0 Å². The summed E-state index contributed by atoms with van der Waals surface area (Å²) in [6.45, 7) is 1.20. The minimum Gasteiger partial charge on any atom is -0.435 e. The highest BCUT2D eigenvalue weighted by molar-refractivity contribution is 7.07. The number of halogens is 2. The van der Waals surface area contributed by atoms with Crippen LogP contribution in [0.5, 0.6) is 5.75 Å². The third-order valence-electron chi connectivity index (χ3n) is 5.03. The van der Waals surface area contributed by atoms with E-state index < -0.39 is 18.1 Å². The van der Waals surface area contributed by atoms with Crippen molar-refractivity contribution in [1.29, 1.82) is 5.26 Å². The Morgan fingerprint density at radius 2 is 1.86 bits per heavy atom. The number of hydrogen-bond donors (Lipinski definition) is 1. The van der Waals surface area contributed by atoms with Crippen molar-refractivity contribution in [2.45, 2.75) is 20.5 Å². The number of carbonyl (C=O) groups is 1. The standard InChI is InChI=1S/C25H23F2N3O4S/c1-15-5-4-6-16(2)21(15)30-23(32)20(13-17-7-9-18(10-8-17)34-25(26)27)35-24(30)19(14-28)22(31)29-11-12-33-3/h4-10,13,25H,11-12H2,1-3H3,(H,29,31)/b20-13-,24-19-. The largest absolute Gasteiger partial charge is 0.435 e. The Kier molecular flexibility index (Phi) is 8.52. The Morgan fingerprint density at radius 3 is 2.43 bits per heavy atom. The van der Waals surface area contributed by atoms with Crippen molar-refractivity contribution < 1.29 is 23.0 Å². The maximum Gasteiger partial charge on any atom is 0.387 e. The molecule has 0 saturated carbocycles. The lowest BCUT2D eigenvalue weighted by molar-refractivity contribution is -0.115. The summed E-state index contributed by atoms with van der Waals surface area (Å²) in [6, 6.07) is 13.3. The van der Waals surface area contributed by atoms with Crippen molar-refractivity contribution in [2.75, 3.05) is 20.3 Å². The number of aryl methyl sites for hydroxylation is 2. The molecule has 0 radical (unpaired) electrons. The van der Waals surface area contributed by atoms with Crippen molar-refractivity contribution in [3.63, 3.8) is 0 Å². The van der Waals surface area contributed by atoms with Crippen LogP contribution in [0.25, 0.3) is 17.3 Å². The Hall–Kier alpha value is -3.81. The van der Waals surface area contributed by atoms with Crippen LogP contribution in [0.1, 0.15) is 16.7 Å². The van der Waals surface area contributed by atoms with Crippen molar-refractivity contribution >= 4 is 28.9 Å². The molecule has 3 rings (SSSR count). The molecule has 3 aromatic rings. The predicted octanol–water partition coefficient (Wildman–Crippen LogP) is 2.38. The van der Waals surface area contributed by atoms with Gasteiger partial charge in [0.1, 0.15) is 16.5 Å². The van der Waals surface area contributed by atoms with Crippen molar-refractivity contribution in [2.24, 2.45) is 0 Å². The van der Waals surface area contributed by atoms with Crippen LogP contribution in [-0.2, 0) is 9.53 Å². The fourth-order valence-corrected chi connectivity index (χ4v) is 4.55. The highest BCUT2D eigenvalue weighted by Gasteiger charge is 2.18. The number of benzene rings is 2. The zero-order chi connectivity index (χ0) is 25.5. The molecule has 0 bridgehead atoms. The monoisotopic (exact) mass is 499 g/mol. The van der Waals surface area contributed by atoms with Crippen molar-refractivity contribution in [1.82, 2.24) is 9.88 Å². The number of carbonyl (C=O) groups excluding carboxylic acids is 1. The molecule has 0 aliphatic rings. The van der Waals surface area contributed by atoms with Gasteiger partial charge in [-0.1, -0.05) is 30.3 Å². The summed E-state index contributed by atoms with van der Waals surface area (Å²) in [5.74, 6) is -0.629. The second-order valence-corrected chi connectivity index (χ2v) is 8.51. The molecule has 1 amide bonds. The molecule has 0 saturated heterocycles. The lowest BCUT2D eigenvalue weighted by Crippen LogP contribution is -2.35. The number of thiazole rings is 1. The number of ether oxygens (including phenoxy) is 2. The maximum atomic E-state index is 13.6. The molecule has 182 valence electrons. The first-order valence-corrected chi connectivity index (χ1v) is 11.3. The van der Waals surface area contributed by atoms with Gasteiger partial charge in [-0.2, -0.15) is 14.0 Å². The van der Waals surface area contributed by atoms with Gasteiger partial charge in [-0.05, 0) is 48.7 Å². The van der Waals surface area contributed by atoms with Gasteiger partial charge >= 0.3 is 6.61 Å². The summed E-state index contributed by atoms with van der Waals surface area (Å²) in [5.41, 5.74) is 2.13. The molecular formula is C25H23F2N3O4S. The second-order valence-electron chi connectivity index (χ2n) is 7.48. The van der Waals surface area contributed by atoms with Crippen LogP contribution in [0.3, 0.4) is 0 Å². The van der Waals surface area contributed by atoms with Crippen LogP contribution >= 0.6 is 11.3 Å². The van der Waals surface area contributed by atoms with Crippen LogP contribution in [0.4, 0.5) is 8.78 Å². The number of nitrogens with zero attached hydrogens (tertiary/aromatic N) is 2. The molecule has 0 spiro atoms. The number of aromatic nitrogens is 1.